The Kier molecular flexibility index (Phi) is 6.66. The molecule has 0 spiro atoms. The first-order chi connectivity index (χ1) is 16.9. The number of hydrogen-bond acceptors (Lipinski definition) is 8. The van der Waals surface area contributed by atoms with E-state index in [1.165, 1.54) is 30.4 Å². The number of aryl methyl sites for hydroxylation is 1. The molecule has 0 aromatic carbocycles. The zero-order chi connectivity index (χ0) is 24.5. The maximum Gasteiger partial charge on any atom is 0.341 e. The lowest BCUT2D eigenvalue weighted by molar-refractivity contribution is -0.124. The first-order valence-corrected chi connectivity index (χ1v) is 12.9. The molecule has 1 unspecified atom stereocenters. The zero-order valence-corrected chi connectivity index (χ0v) is 20.4. The molecule has 1 atom stereocenters. The Morgan fingerprint density at radius 2 is 2.09 bits per heavy atom. The summed E-state index contributed by atoms with van der Waals surface area (Å²) in [6, 6.07) is 1.79. The van der Waals surface area contributed by atoms with Crippen molar-refractivity contribution >= 4 is 39.9 Å². The molecule has 9 nitrogen and oxygen atoms in total. The standard InChI is InChI=1S/C25H28N4O5S/c1-15-11-20(28-12-16(13-28)19(30)7-6-17-5-3-2-4-9-34-17)27-23-21(15)22(31)18(24(32)33)14-29(23)25-26-8-10-35-25/h8,10-11,14,16-17H,2-7,9,12-13H2,1H3,(H,32,33). The Morgan fingerprint density at radius 3 is 2.83 bits per heavy atom. The summed E-state index contributed by atoms with van der Waals surface area (Å²) >= 11 is 1.33. The SMILES string of the molecule is Cc1cc(N2CC(C(=O)CCC3CCCCCO3)C2)nc2c1c(=O)c(C(=O)O)cn2-c1nccs1. The molecule has 2 aliphatic heterocycles. The maximum atomic E-state index is 12.9. The normalized spacial score (nSPS) is 18.9. The van der Waals surface area contributed by atoms with Crippen LogP contribution in [0.3, 0.4) is 0 Å². The van der Waals surface area contributed by atoms with Crippen molar-refractivity contribution in [2.75, 3.05) is 24.6 Å². The molecule has 0 bridgehead atoms. The summed E-state index contributed by atoms with van der Waals surface area (Å²) in [5, 5.41) is 12.1. The van der Waals surface area contributed by atoms with E-state index in [1.54, 1.807) is 29.1 Å². The third kappa shape index (κ3) is 4.72. The molecule has 0 aliphatic carbocycles. The number of carboxylic acid groups (broad SMARTS) is 1. The highest BCUT2D eigenvalue weighted by Gasteiger charge is 2.34. The van der Waals surface area contributed by atoms with Gasteiger partial charge in [-0.05, 0) is 37.8 Å². The number of fused-ring (bicyclic) bond motifs is 1. The van der Waals surface area contributed by atoms with Gasteiger partial charge in [0.25, 0.3) is 0 Å². The highest BCUT2D eigenvalue weighted by molar-refractivity contribution is 7.12. The number of nitrogens with zero attached hydrogens (tertiary/aromatic N) is 4. The van der Waals surface area contributed by atoms with Crippen molar-refractivity contribution in [3.8, 4) is 5.13 Å². The lowest BCUT2D eigenvalue weighted by atomic mass is 9.91. The van der Waals surface area contributed by atoms with Crippen LogP contribution in [0.1, 0.15) is 54.4 Å². The number of carboxylic acids is 1. The van der Waals surface area contributed by atoms with Crippen LogP contribution in [0.2, 0.25) is 0 Å². The predicted octanol–water partition coefficient (Wildman–Crippen LogP) is 3.59. The summed E-state index contributed by atoms with van der Waals surface area (Å²) in [4.78, 5) is 48.4. The Bertz CT molecular complexity index is 1310. The van der Waals surface area contributed by atoms with E-state index in [0.717, 1.165) is 25.9 Å². The highest BCUT2D eigenvalue weighted by atomic mass is 32.1. The van der Waals surface area contributed by atoms with Gasteiger partial charge in [0.2, 0.25) is 5.43 Å². The van der Waals surface area contributed by atoms with Gasteiger partial charge in [-0.15, -0.1) is 11.3 Å². The number of ether oxygens (including phenoxy) is 1. The second kappa shape index (κ2) is 9.87. The minimum Gasteiger partial charge on any atom is -0.477 e. The van der Waals surface area contributed by atoms with Gasteiger partial charge < -0.3 is 14.7 Å². The number of carbonyl (C=O) groups excluding carboxylic acids is 1. The van der Waals surface area contributed by atoms with Crippen LogP contribution < -0.4 is 10.3 Å². The second-order valence-corrected chi connectivity index (χ2v) is 10.2. The molecule has 5 rings (SSSR count). The Hall–Kier alpha value is -3.11. The quantitative estimate of drug-likeness (QED) is 0.528. The lowest BCUT2D eigenvalue weighted by Crippen LogP contribution is -2.51. The predicted molar refractivity (Wildman–Crippen MR) is 133 cm³/mol. The highest BCUT2D eigenvalue weighted by Crippen LogP contribution is 2.29. The molecule has 0 amide bonds. The topological polar surface area (TPSA) is 115 Å². The number of thiazole rings is 1. The van der Waals surface area contributed by atoms with Crippen molar-refractivity contribution in [2.45, 2.75) is 51.6 Å². The first kappa shape index (κ1) is 23.6. The zero-order valence-electron chi connectivity index (χ0n) is 19.6. The molecule has 184 valence electrons. The molecule has 2 saturated heterocycles. The number of aromatic carboxylic acids is 1. The third-order valence-corrected chi connectivity index (χ3v) is 7.67. The van der Waals surface area contributed by atoms with E-state index in [9.17, 15) is 19.5 Å². The molecular formula is C25H28N4O5S. The van der Waals surface area contributed by atoms with Gasteiger partial charge in [0, 0.05) is 43.9 Å². The molecule has 10 heteroatoms. The average Bonchev–Trinajstić information content (AvgIpc) is 3.19. The smallest absolute Gasteiger partial charge is 0.341 e. The van der Waals surface area contributed by atoms with Gasteiger partial charge in [-0.1, -0.05) is 12.8 Å². The Morgan fingerprint density at radius 1 is 1.26 bits per heavy atom. The van der Waals surface area contributed by atoms with Gasteiger partial charge in [0.15, 0.2) is 10.8 Å². The van der Waals surface area contributed by atoms with Crippen LogP contribution in [-0.2, 0) is 9.53 Å². The van der Waals surface area contributed by atoms with Crippen molar-refractivity contribution in [3.63, 3.8) is 0 Å². The monoisotopic (exact) mass is 496 g/mol. The van der Waals surface area contributed by atoms with Crippen LogP contribution in [0.25, 0.3) is 16.2 Å². The molecular weight excluding hydrogens is 468 g/mol. The second-order valence-electron chi connectivity index (χ2n) is 9.31. The minimum absolute atomic E-state index is 0.0332. The molecule has 2 aliphatic rings. The minimum atomic E-state index is -1.29. The van der Waals surface area contributed by atoms with E-state index >= 15 is 0 Å². The number of anilines is 1. The van der Waals surface area contributed by atoms with Crippen molar-refractivity contribution in [1.82, 2.24) is 14.5 Å². The molecule has 0 radical (unpaired) electrons. The van der Waals surface area contributed by atoms with Crippen molar-refractivity contribution in [1.29, 1.82) is 0 Å². The van der Waals surface area contributed by atoms with Crippen molar-refractivity contribution in [3.05, 3.63) is 45.2 Å². The van der Waals surface area contributed by atoms with Crippen LogP contribution in [0.5, 0.6) is 0 Å². The van der Waals surface area contributed by atoms with Gasteiger partial charge in [0.1, 0.15) is 17.2 Å². The lowest BCUT2D eigenvalue weighted by Gasteiger charge is -2.39. The average molecular weight is 497 g/mol. The van der Waals surface area contributed by atoms with Crippen LogP contribution >= 0.6 is 11.3 Å². The fourth-order valence-electron chi connectivity index (χ4n) is 4.86. The molecule has 0 saturated carbocycles. The molecule has 35 heavy (non-hydrogen) atoms. The number of hydrogen-bond donors (Lipinski definition) is 1. The molecule has 3 aromatic rings. The third-order valence-electron chi connectivity index (χ3n) is 6.90. The fourth-order valence-corrected chi connectivity index (χ4v) is 5.48. The maximum absolute atomic E-state index is 12.9. The van der Waals surface area contributed by atoms with E-state index in [2.05, 4.69) is 4.98 Å². The summed E-state index contributed by atoms with van der Waals surface area (Å²) in [7, 11) is 0. The summed E-state index contributed by atoms with van der Waals surface area (Å²) in [5.74, 6) is -0.394. The summed E-state index contributed by atoms with van der Waals surface area (Å²) < 4.78 is 7.43. The van der Waals surface area contributed by atoms with Gasteiger partial charge in [0.05, 0.1) is 17.4 Å². The molecule has 3 aromatic heterocycles. The molecule has 5 heterocycles. The molecule has 2 fully saturated rings. The largest absolute Gasteiger partial charge is 0.477 e. The van der Waals surface area contributed by atoms with Gasteiger partial charge >= 0.3 is 5.97 Å². The van der Waals surface area contributed by atoms with Crippen molar-refractivity contribution < 1.29 is 19.4 Å². The Labute approximate surface area is 206 Å². The van der Waals surface area contributed by atoms with Crippen LogP contribution in [0.4, 0.5) is 5.82 Å². The number of Topliss-reactive ketones (excluding diaryl/α,β-unsaturated/α-hetero) is 1. The van der Waals surface area contributed by atoms with E-state index in [4.69, 9.17) is 9.72 Å². The van der Waals surface area contributed by atoms with E-state index in [-0.39, 0.29) is 28.8 Å². The number of carbonyl (C=O) groups is 2. The van der Waals surface area contributed by atoms with Gasteiger partial charge in [-0.25, -0.2) is 14.8 Å². The number of rotatable bonds is 7. The summed E-state index contributed by atoms with van der Waals surface area (Å²) in [5.41, 5.74) is 0.126. The number of ketones is 1. The summed E-state index contributed by atoms with van der Waals surface area (Å²) in [6.07, 6.45) is 8.94. The van der Waals surface area contributed by atoms with Crippen molar-refractivity contribution in [2.24, 2.45) is 5.92 Å². The van der Waals surface area contributed by atoms with E-state index in [0.29, 0.717) is 41.7 Å². The van der Waals surface area contributed by atoms with Crippen LogP contribution in [0.15, 0.2) is 28.6 Å². The van der Waals surface area contributed by atoms with Crippen LogP contribution in [-0.4, -0.2) is 57.2 Å². The molecule has 1 N–H and O–H groups in total. The van der Waals surface area contributed by atoms with E-state index < -0.39 is 11.4 Å². The van der Waals surface area contributed by atoms with E-state index in [1.807, 2.05) is 4.90 Å². The Balaban J connectivity index is 1.36. The number of pyridine rings is 2. The van der Waals surface area contributed by atoms with Gasteiger partial charge in [-0.3, -0.25) is 14.2 Å². The van der Waals surface area contributed by atoms with Gasteiger partial charge in [-0.2, -0.15) is 0 Å². The fraction of sp³-hybridized carbons (Fsp3) is 0.480. The number of aromatic nitrogens is 3. The van der Waals surface area contributed by atoms with Crippen LogP contribution in [0, 0.1) is 12.8 Å². The summed E-state index contributed by atoms with van der Waals surface area (Å²) in [6.45, 7) is 3.74. The first-order valence-electron chi connectivity index (χ1n) is 12.0.